The number of carbonyl (C=O) groups excluding carboxylic acids is 3. The third-order valence-electron chi connectivity index (χ3n) is 6.15. The van der Waals surface area contributed by atoms with E-state index in [1.54, 1.807) is 24.3 Å². The maximum Gasteiger partial charge on any atom is 0.343 e. The second kappa shape index (κ2) is 13.2. The molecule has 0 N–H and O–H groups in total. The topological polar surface area (TPSA) is 78.9 Å². The van der Waals surface area contributed by atoms with Crippen LogP contribution in [0.2, 0.25) is 0 Å². The van der Waals surface area contributed by atoms with Gasteiger partial charge in [0.25, 0.3) is 0 Å². The summed E-state index contributed by atoms with van der Waals surface area (Å²) in [4.78, 5) is 37.4. The van der Waals surface area contributed by atoms with Crippen LogP contribution in [0.3, 0.4) is 0 Å². The average molecular weight is 523 g/mol. The molecule has 0 aliphatic rings. The summed E-state index contributed by atoms with van der Waals surface area (Å²) in [7, 11) is 0. The van der Waals surface area contributed by atoms with Crippen LogP contribution in [0.4, 0.5) is 0 Å². The van der Waals surface area contributed by atoms with Crippen LogP contribution < -0.4 is 14.2 Å². The van der Waals surface area contributed by atoms with Crippen LogP contribution in [0, 0.1) is 0 Å². The smallest absolute Gasteiger partial charge is 0.343 e. The number of aryl methyl sites for hydroxylation is 2. The highest BCUT2D eigenvalue weighted by molar-refractivity contribution is 5.93. The van der Waals surface area contributed by atoms with E-state index in [0.717, 1.165) is 31.2 Å². The molecule has 0 aliphatic heterocycles. The zero-order chi connectivity index (χ0) is 27.6. The first-order valence-corrected chi connectivity index (χ1v) is 13.0. The van der Waals surface area contributed by atoms with E-state index in [0.29, 0.717) is 22.6 Å². The summed E-state index contributed by atoms with van der Waals surface area (Å²) in [5, 5.41) is 0. The molecule has 39 heavy (non-hydrogen) atoms. The number of hydrogen-bond acceptors (Lipinski definition) is 6. The Morgan fingerprint density at radius 2 is 0.821 bits per heavy atom. The van der Waals surface area contributed by atoms with Crippen molar-refractivity contribution < 1.29 is 28.6 Å². The summed E-state index contributed by atoms with van der Waals surface area (Å²) in [5.74, 6) is -0.497. The Kier molecular flexibility index (Phi) is 9.25. The number of unbranched alkanes of at least 4 members (excludes halogenated alkanes) is 1. The molecule has 0 heterocycles. The minimum Gasteiger partial charge on any atom is -0.423 e. The first kappa shape index (κ1) is 27.3. The van der Waals surface area contributed by atoms with Gasteiger partial charge in [0.05, 0.1) is 16.7 Å². The van der Waals surface area contributed by atoms with Crippen molar-refractivity contribution in [3.8, 4) is 17.2 Å². The van der Waals surface area contributed by atoms with E-state index in [1.807, 2.05) is 24.3 Å². The van der Waals surface area contributed by atoms with Gasteiger partial charge in [0.15, 0.2) is 0 Å². The lowest BCUT2D eigenvalue weighted by molar-refractivity contribution is 0.0725. The fourth-order valence-corrected chi connectivity index (χ4v) is 3.80. The Balaban J connectivity index is 1.29. The zero-order valence-corrected chi connectivity index (χ0v) is 22.0. The number of esters is 3. The average Bonchev–Trinajstić information content (AvgIpc) is 2.97. The van der Waals surface area contributed by atoms with Crippen LogP contribution in [0.5, 0.6) is 17.2 Å². The van der Waals surface area contributed by atoms with E-state index in [4.69, 9.17) is 14.2 Å². The standard InChI is InChI=1S/C33H30O6/c1-3-5-6-24-7-11-25(12-8-24)31(34)38-29-19-15-27(16-20-29)33(36)39-30-21-13-26(14-22-30)32(35)37-28-17-9-23(4-2)10-18-28/h7-22H,3-6H2,1-2H3. The van der Waals surface area contributed by atoms with Crippen molar-refractivity contribution in [3.63, 3.8) is 0 Å². The van der Waals surface area contributed by atoms with Crippen molar-refractivity contribution in [1.29, 1.82) is 0 Å². The molecule has 4 rings (SSSR count). The molecule has 198 valence electrons. The SMILES string of the molecule is CCCCc1ccc(C(=O)Oc2ccc(C(=O)Oc3ccc(C(=O)Oc4ccc(CC)cc4)cc3)cc2)cc1. The maximum absolute atomic E-state index is 12.6. The molecule has 0 unspecified atom stereocenters. The monoisotopic (exact) mass is 522 g/mol. The first-order chi connectivity index (χ1) is 18.9. The predicted molar refractivity (Wildman–Crippen MR) is 149 cm³/mol. The lowest BCUT2D eigenvalue weighted by atomic mass is 10.1. The van der Waals surface area contributed by atoms with E-state index in [9.17, 15) is 14.4 Å². The number of carbonyl (C=O) groups is 3. The molecule has 0 aromatic heterocycles. The van der Waals surface area contributed by atoms with Crippen molar-refractivity contribution in [3.05, 3.63) is 125 Å². The highest BCUT2D eigenvalue weighted by Crippen LogP contribution is 2.20. The van der Waals surface area contributed by atoms with Crippen LogP contribution in [0.25, 0.3) is 0 Å². The lowest BCUT2D eigenvalue weighted by Crippen LogP contribution is -2.11. The van der Waals surface area contributed by atoms with Gasteiger partial charge < -0.3 is 14.2 Å². The highest BCUT2D eigenvalue weighted by Gasteiger charge is 2.13. The Hall–Kier alpha value is -4.71. The molecule has 4 aromatic rings. The van der Waals surface area contributed by atoms with Crippen LogP contribution >= 0.6 is 0 Å². The van der Waals surface area contributed by atoms with E-state index in [1.165, 1.54) is 54.1 Å². The van der Waals surface area contributed by atoms with Gasteiger partial charge in [0, 0.05) is 0 Å². The third-order valence-corrected chi connectivity index (χ3v) is 6.15. The van der Waals surface area contributed by atoms with E-state index in [-0.39, 0.29) is 11.3 Å². The minimum absolute atomic E-state index is 0.279. The lowest BCUT2D eigenvalue weighted by Gasteiger charge is -2.08. The molecule has 0 aliphatic carbocycles. The molecular weight excluding hydrogens is 492 g/mol. The van der Waals surface area contributed by atoms with Crippen LogP contribution in [0.15, 0.2) is 97.1 Å². The van der Waals surface area contributed by atoms with Crippen molar-refractivity contribution in [1.82, 2.24) is 0 Å². The second-order valence-electron chi connectivity index (χ2n) is 9.02. The molecule has 0 saturated carbocycles. The van der Waals surface area contributed by atoms with Crippen molar-refractivity contribution in [2.45, 2.75) is 39.5 Å². The molecule has 0 amide bonds. The number of benzene rings is 4. The Bertz CT molecular complexity index is 1400. The van der Waals surface area contributed by atoms with Gasteiger partial charge in [0.2, 0.25) is 0 Å². The zero-order valence-electron chi connectivity index (χ0n) is 22.0. The fraction of sp³-hybridized carbons (Fsp3) is 0.182. The maximum atomic E-state index is 12.6. The third kappa shape index (κ3) is 7.65. The van der Waals surface area contributed by atoms with Crippen LogP contribution in [-0.2, 0) is 12.8 Å². The largest absolute Gasteiger partial charge is 0.423 e. The quantitative estimate of drug-likeness (QED) is 0.161. The molecular formula is C33H30O6. The van der Waals surface area contributed by atoms with Crippen molar-refractivity contribution >= 4 is 17.9 Å². The summed E-state index contributed by atoms with van der Waals surface area (Å²) in [6.07, 6.45) is 4.10. The number of hydrogen-bond donors (Lipinski definition) is 0. The van der Waals surface area contributed by atoms with Gasteiger partial charge in [0.1, 0.15) is 17.2 Å². The molecule has 6 heteroatoms. The molecule has 0 saturated heterocycles. The van der Waals surface area contributed by atoms with Crippen molar-refractivity contribution in [2.75, 3.05) is 0 Å². The molecule has 0 bridgehead atoms. The number of ether oxygens (including phenoxy) is 3. The molecule has 0 radical (unpaired) electrons. The van der Waals surface area contributed by atoms with Gasteiger partial charge in [-0.25, -0.2) is 14.4 Å². The van der Waals surface area contributed by atoms with Gasteiger partial charge in [-0.15, -0.1) is 0 Å². The Labute approximate surface area is 228 Å². The summed E-state index contributed by atoms with van der Waals surface area (Å²) in [6, 6.07) is 27.0. The Morgan fingerprint density at radius 3 is 1.18 bits per heavy atom. The first-order valence-electron chi connectivity index (χ1n) is 13.0. The predicted octanol–water partition coefficient (Wildman–Crippen LogP) is 7.25. The Morgan fingerprint density at radius 1 is 0.487 bits per heavy atom. The van der Waals surface area contributed by atoms with E-state index < -0.39 is 17.9 Å². The fourth-order valence-electron chi connectivity index (χ4n) is 3.80. The van der Waals surface area contributed by atoms with Crippen molar-refractivity contribution in [2.24, 2.45) is 0 Å². The number of rotatable bonds is 10. The summed E-state index contributed by atoms with van der Waals surface area (Å²) in [6.45, 7) is 4.19. The van der Waals surface area contributed by atoms with Crippen LogP contribution in [0.1, 0.15) is 68.9 Å². The second-order valence-corrected chi connectivity index (χ2v) is 9.02. The summed E-state index contributed by atoms with van der Waals surface area (Å²) in [5.41, 5.74) is 3.41. The van der Waals surface area contributed by atoms with Gasteiger partial charge in [-0.3, -0.25) is 0 Å². The van der Waals surface area contributed by atoms with Crippen LogP contribution in [-0.4, -0.2) is 17.9 Å². The van der Waals surface area contributed by atoms with E-state index >= 15 is 0 Å². The van der Waals surface area contributed by atoms with Gasteiger partial charge >= 0.3 is 17.9 Å². The molecule has 0 atom stereocenters. The highest BCUT2D eigenvalue weighted by atomic mass is 16.5. The summed E-state index contributed by atoms with van der Waals surface area (Å²) < 4.78 is 16.2. The van der Waals surface area contributed by atoms with E-state index in [2.05, 4.69) is 13.8 Å². The normalized spacial score (nSPS) is 10.5. The summed E-state index contributed by atoms with van der Waals surface area (Å²) >= 11 is 0. The molecule has 4 aromatic carbocycles. The molecule has 0 spiro atoms. The van der Waals surface area contributed by atoms with Gasteiger partial charge in [-0.2, -0.15) is 0 Å². The van der Waals surface area contributed by atoms with Gasteiger partial charge in [-0.1, -0.05) is 44.5 Å². The molecule has 0 fully saturated rings. The van der Waals surface area contributed by atoms with Gasteiger partial charge in [-0.05, 0) is 103 Å². The molecule has 6 nitrogen and oxygen atoms in total. The minimum atomic E-state index is -0.582.